The van der Waals surface area contributed by atoms with Gasteiger partial charge in [0.05, 0.1) is 5.69 Å². The van der Waals surface area contributed by atoms with Crippen LogP contribution >= 0.6 is 0 Å². The Bertz CT molecular complexity index is 854. The second kappa shape index (κ2) is 6.95. The Morgan fingerprint density at radius 1 is 0.929 bits per heavy atom. The number of aromatic nitrogens is 4. The first-order chi connectivity index (χ1) is 13.6. The van der Waals surface area contributed by atoms with Crippen LogP contribution in [0.25, 0.3) is 0 Å². The van der Waals surface area contributed by atoms with Gasteiger partial charge in [-0.15, -0.1) is 0 Å². The fraction of sp³-hybridized carbons (Fsp3) is 0.619. The van der Waals surface area contributed by atoms with E-state index in [1.54, 1.807) is 12.7 Å². The molecule has 148 valence electrons. The fourth-order valence-corrected chi connectivity index (χ4v) is 4.94. The topological polar surface area (TPSA) is 61.3 Å². The minimum atomic E-state index is 0.432. The lowest BCUT2D eigenvalue weighted by Gasteiger charge is -2.29. The monoisotopic (exact) mass is 379 g/mol. The maximum Gasteiger partial charge on any atom is 0.136 e. The molecule has 28 heavy (non-hydrogen) atoms. The summed E-state index contributed by atoms with van der Waals surface area (Å²) in [7, 11) is 2.18. The summed E-state index contributed by atoms with van der Waals surface area (Å²) in [5.74, 6) is 4.03. The van der Waals surface area contributed by atoms with Crippen LogP contribution < -0.4 is 9.80 Å². The Morgan fingerprint density at radius 3 is 2.39 bits per heavy atom. The molecular formula is C21H29N7. The summed E-state index contributed by atoms with van der Waals surface area (Å²) in [6.07, 6.45) is 4.50. The molecule has 7 heteroatoms. The zero-order valence-electron chi connectivity index (χ0n) is 17.0. The molecule has 2 aromatic rings. The van der Waals surface area contributed by atoms with Crippen LogP contribution in [0.2, 0.25) is 0 Å². The van der Waals surface area contributed by atoms with E-state index in [1.807, 2.05) is 0 Å². The largest absolute Gasteiger partial charge is 0.356 e. The molecule has 5 rings (SSSR count). The average Bonchev–Trinajstić information content (AvgIpc) is 3.27. The van der Waals surface area contributed by atoms with Crippen LogP contribution in [0, 0.1) is 11.8 Å². The first kappa shape index (κ1) is 17.8. The lowest BCUT2D eigenvalue weighted by Crippen LogP contribution is -2.33. The Morgan fingerprint density at radius 2 is 1.64 bits per heavy atom. The molecule has 0 saturated carbocycles. The minimum Gasteiger partial charge on any atom is -0.356 e. The van der Waals surface area contributed by atoms with Gasteiger partial charge < -0.3 is 14.7 Å². The van der Waals surface area contributed by atoms with Crippen LogP contribution in [0.4, 0.5) is 11.6 Å². The van der Waals surface area contributed by atoms with Crippen molar-refractivity contribution in [2.45, 2.75) is 32.7 Å². The van der Waals surface area contributed by atoms with Gasteiger partial charge in [0, 0.05) is 74.8 Å². The molecule has 2 fully saturated rings. The number of anilines is 2. The maximum absolute atomic E-state index is 4.70. The van der Waals surface area contributed by atoms with Crippen molar-refractivity contribution in [1.29, 1.82) is 0 Å². The van der Waals surface area contributed by atoms with E-state index < -0.39 is 0 Å². The van der Waals surface area contributed by atoms with Gasteiger partial charge in [0.15, 0.2) is 0 Å². The second-order valence-corrected chi connectivity index (χ2v) is 8.90. The van der Waals surface area contributed by atoms with E-state index in [9.17, 15) is 0 Å². The zero-order valence-corrected chi connectivity index (χ0v) is 17.0. The molecule has 0 aliphatic carbocycles. The molecule has 0 N–H and O–H groups in total. The van der Waals surface area contributed by atoms with Gasteiger partial charge >= 0.3 is 0 Å². The molecule has 7 nitrogen and oxygen atoms in total. The molecule has 0 radical (unpaired) electrons. The molecule has 0 aromatic carbocycles. The Kier molecular flexibility index (Phi) is 4.42. The summed E-state index contributed by atoms with van der Waals surface area (Å²) in [6, 6.07) is 2.17. The van der Waals surface area contributed by atoms with Crippen molar-refractivity contribution in [2.24, 2.45) is 11.8 Å². The van der Waals surface area contributed by atoms with Gasteiger partial charge in [-0.25, -0.2) is 19.9 Å². The highest BCUT2D eigenvalue weighted by Gasteiger charge is 2.41. The van der Waals surface area contributed by atoms with Crippen molar-refractivity contribution in [2.75, 3.05) is 49.6 Å². The number of hydrogen-bond donors (Lipinski definition) is 0. The summed E-state index contributed by atoms with van der Waals surface area (Å²) < 4.78 is 0. The number of nitrogens with zero attached hydrogens (tertiary/aromatic N) is 7. The smallest absolute Gasteiger partial charge is 0.136 e. The third-order valence-electron chi connectivity index (χ3n) is 6.55. The van der Waals surface area contributed by atoms with Crippen molar-refractivity contribution in [3.63, 3.8) is 0 Å². The van der Waals surface area contributed by atoms with Crippen molar-refractivity contribution >= 4 is 11.6 Å². The molecule has 2 aromatic heterocycles. The Hall–Kier alpha value is -2.28. The molecule has 2 atom stereocenters. The normalized spacial score (nSPS) is 24.7. The highest BCUT2D eigenvalue weighted by atomic mass is 15.3. The summed E-state index contributed by atoms with van der Waals surface area (Å²) in [4.78, 5) is 25.5. The first-order valence-corrected chi connectivity index (χ1v) is 10.4. The van der Waals surface area contributed by atoms with Crippen molar-refractivity contribution in [3.05, 3.63) is 35.7 Å². The molecule has 3 aliphatic rings. The highest BCUT2D eigenvalue weighted by Crippen LogP contribution is 2.37. The van der Waals surface area contributed by atoms with Gasteiger partial charge in [-0.05, 0) is 13.0 Å². The molecule has 2 saturated heterocycles. The summed E-state index contributed by atoms with van der Waals surface area (Å²) >= 11 is 0. The van der Waals surface area contributed by atoms with E-state index >= 15 is 0 Å². The van der Waals surface area contributed by atoms with Crippen molar-refractivity contribution in [1.82, 2.24) is 24.8 Å². The lowest BCUT2D eigenvalue weighted by atomic mass is 10.0. The van der Waals surface area contributed by atoms with Gasteiger partial charge in [0.2, 0.25) is 0 Å². The predicted octanol–water partition coefficient (Wildman–Crippen LogP) is 1.95. The van der Waals surface area contributed by atoms with E-state index in [0.717, 1.165) is 57.2 Å². The predicted molar refractivity (Wildman–Crippen MR) is 110 cm³/mol. The van der Waals surface area contributed by atoms with Crippen LogP contribution in [0.1, 0.15) is 36.7 Å². The van der Waals surface area contributed by atoms with Gasteiger partial charge in [0.25, 0.3) is 0 Å². The zero-order chi connectivity index (χ0) is 19.3. The Labute approximate surface area is 166 Å². The molecule has 3 aliphatic heterocycles. The third-order valence-corrected chi connectivity index (χ3v) is 6.55. The molecule has 2 unspecified atom stereocenters. The maximum atomic E-state index is 4.70. The molecular weight excluding hydrogens is 350 g/mol. The van der Waals surface area contributed by atoms with E-state index in [4.69, 9.17) is 4.98 Å². The lowest BCUT2D eigenvalue weighted by molar-refractivity contribution is 0.309. The van der Waals surface area contributed by atoms with Crippen LogP contribution in [0.5, 0.6) is 0 Å². The second-order valence-electron chi connectivity index (χ2n) is 8.90. The van der Waals surface area contributed by atoms with Crippen LogP contribution in [0.3, 0.4) is 0 Å². The third kappa shape index (κ3) is 3.11. The van der Waals surface area contributed by atoms with Crippen LogP contribution in [-0.4, -0.2) is 64.6 Å². The van der Waals surface area contributed by atoms with E-state index in [0.29, 0.717) is 17.8 Å². The summed E-state index contributed by atoms with van der Waals surface area (Å²) in [5.41, 5.74) is 3.70. The quantitative estimate of drug-likeness (QED) is 0.808. The Balaban J connectivity index is 1.31. The first-order valence-electron chi connectivity index (χ1n) is 10.4. The molecule has 0 amide bonds. The number of hydrogen-bond acceptors (Lipinski definition) is 7. The van der Waals surface area contributed by atoms with Gasteiger partial charge in [-0.3, -0.25) is 0 Å². The molecule has 5 heterocycles. The summed E-state index contributed by atoms with van der Waals surface area (Å²) in [6.45, 7) is 10.7. The van der Waals surface area contributed by atoms with Crippen LogP contribution in [-0.2, 0) is 13.0 Å². The minimum absolute atomic E-state index is 0.432. The highest BCUT2D eigenvalue weighted by molar-refractivity contribution is 5.52. The number of rotatable bonds is 3. The fourth-order valence-electron chi connectivity index (χ4n) is 4.94. The van der Waals surface area contributed by atoms with Gasteiger partial charge in [-0.2, -0.15) is 0 Å². The summed E-state index contributed by atoms with van der Waals surface area (Å²) in [5, 5.41) is 0. The van der Waals surface area contributed by atoms with Crippen molar-refractivity contribution in [3.8, 4) is 0 Å². The van der Waals surface area contributed by atoms with Gasteiger partial charge in [0.1, 0.15) is 24.3 Å². The SMILES string of the molecule is CC(C)c1cc(N2CC3CN(c4ncnc5c4CN(C)CC5)CC3C2)ncn1. The average molecular weight is 380 g/mol. The molecule has 0 bridgehead atoms. The number of likely N-dealkylation sites (N-methyl/N-ethyl adjacent to an activating group) is 1. The number of fused-ring (bicyclic) bond motifs is 2. The van der Waals surface area contributed by atoms with E-state index in [-0.39, 0.29) is 0 Å². The van der Waals surface area contributed by atoms with Gasteiger partial charge in [-0.1, -0.05) is 13.8 Å². The van der Waals surface area contributed by atoms with Crippen molar-refractivity contribution < 1.29 is 0 Å². The van der Waals surface area contributed by atoms with E-state index in [1.165, 1.54) is 17.1 Å². The standard InChI is InChI=1S/C21H29N7/c1-14(2)19-6-20(24-12-23-19)27-7-15-9-28(10-16(15)8-27)21-17-11-26(3)5-4-18(17)22-13-25-21/h6,12-16H,4-5,7-11H2,1-3H3. The van der Waals surface area contributed by atoms with Crippen LogP contribution in [0.15, 0.2) is 18.7 Å². The molecule has 0 spiro atoms. The van der Waals surface area contributed by atoms with E-state index in [2.05, 4.69) is 56.6 Å².